The summed E-state index contributed by atoms with van der Waals surface area (Å²) >= 11 is 0. The number of alkyl halides is 3. The second kappa shape index (κ2) is 34.6. The Morgan fingerprint density at radius 3 is 1.31 bits per heavy atom. The lowest BCUT2D eigenvalue weighted by atomic mass is 9.94. The average molecular weight is 1220 g/mol. The van der Waals surface area contributed by atoms with Crippen LogP contribution in [-0.4, -0.2) is 130 Å². The van der Waals surface area contributed by atoms with Crippen molar-refractivity contribution in [3.63, 3.8) is 0 Å². The largest absolute Gasteiger partial charge is 0.497 e. The minimum atomic E-state index is -4.45. The molecule has 4 heterocycles. The number of anilines is 3. The molecule has 1 N–H and O–H groups in total. The summed E-state index contributed by atoms with van der Waals surface area (Å²) in [5.74, 6) is 0.825. The highest BCUT2D eigenvalue weighted by Crippen LogP contribution is 2.37. The maximum Gasteiger partial charge on any atom is 0.419 e. The zero-order valence-electron chi connectivity index (χ0n) is 50.2. The van der Waals surface area contributed by atoms with Crippen LogP contribution < -0.4 is 28.9 Å². The topological polar surface area (TPSA) is 210 Å². The number of carboxylic acids is 1. The molecule has 3 aliphatic rings. The summed E-state index contributed by atoms with van der Waals surface area (Å²) in [4.78, 5) is 86.6. The van der Waals surface area contributed by atoms with Gasteiger partial charge in [0.1, 0.15) is 36.3 Å². The summed E-state index contributed by atoms with van der Waals surface area (Å²) in [6, 6.07) is 43.0. The van der Waals surface area contributed by atoms with E-state index in [1.165, 1.54) is 18.3 Å². The van der Waals surface area contributed by atoms with Gasteiger partial charge < -0.3 is 53.3 Å². The summed E-state index contributed by atoms with van der Waals surface area (Å²) in [5, 5.41) is 8.88. The third kappa shape index (κ3) is 20.4. The van der Waals surface area contributed by atoms with Crippen molar-refractivity contribution in [1.29, 1.82) is 0 Å². The number of pyridine rings is 1. The van der Waals surface area contributed by atoms with Crippen molar-refractivity contribution in [1.82, 2.24) is 14.8 Å². The maximum absolute atomic E-state index is 13.3. The van der Waals surface area contributed by atoms with Gasteiger partial charge in [-0.2, -0.15) is 18.2 Å². The van der Waals surface area contributed by atoms with Crippen LogP contribution >= 0.6 is 0 Å². The summed E-state index contributed by atoms with van der Waals surface area (Å²) in [7, 11) is 4.78. The fourth-order valence-corrected chi connectivity index (χ4v) is 10.1. The van der Waals surface area contributed by atoms with Gasteiger partial charge in [-0.15, -0.1) is 0 Å². The van der Waals surface area contributed by atoms with E-state index >= 15 is 0 Å². The predicted octanol–water partition coefficient (Wildman–Crippen LogP) is 12.3. The van der Waals surface area contributed by atoms with Crippen molar-refractivity contribution in [2.45, 2.75) is 71.8 Å². The molecule has 19 nitrogen and oxygen atoms in total. The molecule has 468 valence electrons. The number of nitrogens with zero attached hydrogens (tertiary/aromatic N) is 7. The number of aliphatic imine (C=N–C) groups is 1. The first-order chi connectivity index (χ1) is 42.5. The second-order valence-corrected chi connectivity index (χ2v) is 20.5. The molecule has 0 bridgehead atoms. The normalized spacial score (nSPS) is 14.3. The van der Waals surface area contributed by atoms with Crippen LogP contribution in [0, 0.1) is 17.8 Å². The van der Waals surface area contributed by atoms with Crippen LogP contribution in [0.4, 0.5) is 45.6 Å². The SMILES string of the molecule is CCN(C(=O)C1CCN(C(=O)OCc2ccccc2)CC1)c1ccc(OC)cc1.CCN(C(=O)C1CCN(c2ncccc2C(F)(F)F)CC1)c1ccc(OC)cc1.COc1ccc(N=C=O)cc1.O=C(O)C1CCN(C(=O)OCc2ccccc2)CC1. The molecule has 4 amide bonds. The molecule has 6 aromatic rings. The molecular formula is C66H76F3N7O12. The van der Waals surface area contributed by atoms with Crippen molar-refractivity contribution in [2.24, 2.45) is 22.7 Å². The Morgan fingerprint density at radius 1 is 0.557 bits per heavy atom. The zero-order valence-corrected chi connectivity index (χ0v) is 50.2. The number of benzene rings is 5. The number of aliphatic carboxylic acids is 1. The quantitative estimate of drug-likeness (QED) is 0.0706. The molecule has 3 aliphatic heterocycles. The van der Waals surface area contributed by atoms with Gasteiger partial charge in [-0.1, -0.05) is 60.7 Å². The number of isocyanates is 1. The van der Waals surface area contributed by atoms with Crippen molar-refractivity contribution in [3.8, 4) is 17.2 Å². The number of hydrogen-bond donors (Lipinski definition) is 1. The van der Waals surface area contributed by atoms with Crippen LogP contribution in [0.3, 0.4) is 0 Å². The van der Waals surface area contributed by atoms with Crippen molar-refractivity contribution < 1.29 is 70.7 Å². The second-order valence-electron chi connectivity index (χ2n) is 20.5. The molecule has 0 atom stereocenters. The number of carbonyl (C=O) groups is 5. The van der Waals surface area contributed by atoms with Crippen molar-refractivity contribution >= 4 is 58.9 Å². The van der Waals surface area contributed by atoms with Gasteiger partial charge in [0.15, 0.2) is 0 Å². The molecule has 0 aliphatic carbocycles. The molecule has 5 aromatic carbocycles. The first kappa shape index (κ1) is 67.7. The number of piperidine rings is 3. The molecule has 0 spiro atoms. The van der Waals surface area contributed by atoms with Gasteiger partial charge >= 0.3 is 24.3 Å². The summed E-state index contributed by atoms with van der Waals surface area (Å²) in [5.41, 5.74) is 3.40. The monoisotopic (exact) mass is 1220 g/mol. The van der Waals surface area contributed by atoms with E-state index in [-0.39, 0.29) is 60.8 Å². The molecule has 0 saturated carbocycles. The molecule has 9 rings (SSSR count). The molecule has 3 fully saturated rings. The van der Waals surface area contributed by atoms with Gasteiger partial charge in [-0.05, 0) is 148 Å². The highest BCUT2D eigenvalue weighted by molar-refractivity contribution is 5.96. The highest BCUT2D eigenvalue weighted by atomic mass is 19.4. The molecule has 88 heavy (non-hydrogen) atoms. The Bertz CT molecular complexity index is 3170. The number of carboxylic acid groups (broad SMARTS) is 1. The fraction of sp³-hybridized carbons (Fsp3) is 0.379. The molecule has 0 unspecified atom stereocenters. The molecule has 22 heteroatoms. The zero-order chi connectivity index (χ0) is 63.4. The van der Waals surface area contributed by atoms with Gasteiger partial charge in [-0.25, -0.2) is 19.4 Å². The lowest BCUT2D eigenvalue weighted by molar-refractivity contribution is -0.143. The Hall–Kier alpha value is -9.43. The number of halogens is 3. The number of aromatic nitrogens is 1. The third-order valence-electron chi connectivity index (χ3n) is 15.0. The van der Waals surface area contributed by atoms with Crippen LogP contribution in [0.25, 0.3) is 0 Å². The smallest absolute Gasteiger partial charge is 0.419 e. The van der Waals surface area contributed by atoms with E-state index in [0.29, 0.717) is 102 Å². The maximum atomic E-state index is 13.3. The number of likely N-dealkylation sites (tertiary alicyclic amines) is 2. The Labute approximate surface area is 511 Å². The van der Waals surface area contributed by atoms with Crippen molar-refractivity contribution in [3.05, 3.63) is 168 Å². The first-order valence-corrected chi connectivity index (χ1v) is 29.0. The van der Waals surface area contributed by atoms with Crippen LogP contribution in [0.2, 0.25) is 0 Å². The van der Waals surface area contributed by atoms with Gasteiger partial charge in [0.25, 0.3) is 0 Å². The number of ether oxygens (including phenoxy) is 5. The van der Waals surface area contributed by atoms with E-state index in [1.807, 2.05) is 111 Å². The first-order valence-electron chi connectivity index (χ1n) is 29.0. The van der Waals surface area contributed by atoms with Crippen LogP contribution in [0.1, 0.15) is 69.1 Å². The van der Waals surface area contributed by atoms with Gasteiger partial charge in [0.2, 0.25) is 17.9 Å². The summed E-state index contributed by atoms with van der Waals surface area (Å²) in [6.07, 6.45) is 0.933. The van der Waals surface area contributed by atoms with E-state index in [4.69, 9.17) is 28.8 Å². The van der Waals surface area contributed by atoms with E-state index in [2.05, 4.69) is 9.98 Å². The average Bonchev–Trinajstić information content (AvgIpc) is 3.74. The number of hydrogen-bond acceptors (Lipinski definition) is 14. The number of methoxy groups -OCH3 is 3. The molecule has 3 saturated heterocycles. The van der Waals surface area contributed by atoms with Crippen LogP contribution in [-0.2, 0) is 48.0 Å². The van der Waals surface area contributed by atoms with Gasteiger partial charge in [0, 0.05) is 81.8 Å². The van der Waals surface area contributed by atoms with Gasteiger partial charge in [-0.3, -0.25) is 14.4 Å². The van der Waals surface area contributed by atoms with E-state index in [9.17, 15) is 41.9 Å². The Kier molecular flexibility index (Phi) is 26.7. The predicted molar refractivity (Wildman–Crippen MR) is 326 cm³/mol. The number of amides is 4. The van der Waals surface area contributed by atoms with Gasteiger partial charge in [0.05, 0.1) is 38.5 Å². The minimum absolute atomic E-state index is 0.00520. The van der Waals surface area contributed by atoms with E-state index in [0.717, 1.165) is 40.1 Å². The standard InChI is InChI=1S/C23H28N2O4.C21H24F3N3O2.C14H17NO4.C8H7NO2/c1-3-25(20-9-11-21(28-2)12-10-20)22(26)19-13-15-24(16-14-19)23(27)29-17-18-7-5-4-6-8-18;1-3-27(16-6-8-17(29-2)9-7-16)20(28)15-10-13-26(14-11-15)19-18(21(22,23)24)5-4-12-25-19;16-13(17)12-6-8-15(9-7-12)14(18)19-10-11-4-2-1-3-5-11;1-11-8-4-2-7(3-5-8)9-6-10/h4-12,19H,3,13-17H2,1-2H3;4-9,12,15H,3,10-11,13-14H2,1-2H3;1-5,12H,6-10H2,(H,16,17);2-5H,1H3. The summed E-state index contributed by atoms with van der Waals surface area (Å²) < 4.78 is 65.6. The van der Waals surface area contributed by atoms with E-state index in [1.54, 1.807) is 82.2 Å². The number of rotatable bonds is 16. The minimum Gasteiger partial charge on any atom is -0.497 e. The molecule has 0 radical (unpaired) electrons. The molecular weight excluding hydrogens is 1140 g/mol. The summed E-state index contributed by atoms with van der Waals surface area (Å²) in [6.45, 7) is 8.18. The Balaban J connectivity index is 0.000000197. The van der Waals surface area contributed by atoms with E-state index < -0.39 is 17.7 Å². The molecule has 1 aromatic heterocycles. The van der Waals surface area contributed by atoms with Crippen LogP contribution in [0.15, 0.2) is 157 Å². The lowest BCUT2D eigenvalue weighted by Crippen LogP contribution is -2.44. The van der Waals surface area contributed by atoms with Crippen LogP contribution in [0.5, 0.6) is 17.2 Å². The van der Waals surface area contributed by atoms with Crippen molar-refractivity contribution in [2.75, 3.05) is 88.4 Å². The number of carbonyl (C=O) groups excluding carboxylic acids is 5. The lowest BCUT2D eigenvalue weighted by Gasteiger charge is -2.35. The highest BCUT2D eigenvalue weighted by Gasteiger charge is 2.38. The third-order valence-corrected chi connectivity index (χ3v) is 15.0. The Morgan fingerprint density at radius 2 is 0.943 bits per heavy atom. The fourth-order valence-electron chi connectivity index (χ4n) is 10.1.